The zero-order valence-electron chi connectivity index (χ0n) is 19.2. The average molecular weight is 415 g/mol. The Morgan fingerprint density at radius 2 is 0.867 bits per heavy atom. The van der Waals surface area contributed by atoms with Gasteiger partial charge in [-0.05, 0) is 89.8 Å². The molecule has 0 aliphatic heterocycles. The topological polar surface area (TPSA) is 98.0 Å². The van der Waals surface area contributed by atoms with Crippen LogP contribution < -0.4 is 0 Å². The lowest BCUT2D eigenvalue weighted by Gasteiger charge is -2.28. The molecule has 0 aromatic heterocycles. The lowest BCUT2D eigenvalue weighted by atomic mass is 9.81. The molecule has 2 aromatic rings. The fourth-order valence-corrected chi connectivity index (χ4v) is 3.40. The van der Waals surface area contributed by atoms with Gasteiger partial charge in [-0.1, -0.05) is 24.3 Å². The van der Waals surface area contributed by atoms with Gasteiger partial charge in [0, 0.05) is 11.1 Å². The first kappa shape index (κ1) is 24.2. The van der Waals surface area contributed by atoms with Crippen molar-refractivity contribution in [1.29, 1.82) is 0 Å². The largest absolute Gasteiger partial charge is 0.386 e. The molecule has 0 atom stereocenters. The number of carbonyl (C=O) groups excluding carboxylic acids is 1. The van der Waals surface area contributed by atoms with Gasteiger partial charge < -0.3 is 20.4 Å². The second-order valence-corrected chi connectivity index (χ2v) is 10.1. The van der Waals surface area contributed by atoms with Gasteiger partial charge in [0.2, 0.25) is 0 Å². The van der Waals surface area contributed by atoms with Crippen LogP contribution in [-0.4, -0.2) is 26.2 Å². The van der Waals surface area contributed by atoms with E-state index in [1.165, 1.54) is 0 Å². The quantitative estimate of drug-likeness (QED) is 0.539. The molecule has 0 saturated heterocycles. The number of benzene rings is 2. The molecule has 0 heterocycles. The van der Waals surface area contributed by atoms with Crippen molar-refractivity contribution in [2.24, 2.45) is 0 Å². The second-order valence-electron chi connectivity index (χ2n) is 10.1. The van der Waals surface area contributed by atoms with Gasteiger partial charge in [-0.3, -0.25) is 4.79 Å². The number of rotatable bonds is 6. The van der Waals surface area contributed by atoms with E-state index in [2.05, 4.69) is 0 Å². The molecule has 0 fully saturated rings. The standard InChI is InChI=1S/C25H34O5/c1-22(2,27)15-9-11-17(19(13-15)24(5,6)29)21(26)18-12-10-16(23(3,4)28)14-20(18)25(7,8)30/h9-14,27-30H,1-8H3. The lowest BCUT2D eigenvalue weighted by molar-refractivity contribution is 0.0693. The van der Waals surface area contributed by atoms with Crippen LogP contribution in [0.2, 0.25) is 0 Å². The molecule has 30 heavy (non-hydrogen) atoms. The van der Waals surface area contributed by atoms with Gasteiger partial charge in [-0.25, -0.2) is 0 Å². The van der Waals surface area contributed by atoms with Gasteiger partial charge in [0.05, 0.1) is 22.4 Å². The predicted octanol–water partition coefficient (Wildman–Crippen LogP) is 3.83. The molecule has 0 unspecified atom stereocenters. The number of hydrogen-bond donors (Lipinski definition) is 4. The van der Waals surface area contributed by atoms with Crippen LogP contribution in [0.15, 0.2) is 36.4 Å². The first-order valence-electron chi connectivity index (χ1n) is 10.1. The van der Waals surface area contributed by atoms with E-state index in [4.69, 9.17) is 0 Å². The molecule has 2 rings (SSSR count). The Balaban J connectivity index is 2.74. The summed E-state index contributed by atoms with van der Waals surface area (Å²) < 4.78 is 0. The number of carbonyl (C=O) groups is 1. The minimum absolute atomic E-state index is 0.289. The van der Waals surface area contributed by atoms with Gasteiger partial charge >= 0.3 is 0 Å². The van der Waals surface area contributed by atoms with Gasteiger partial charge in [0.1, 0.15) is 0 Å². The predicted molar refractivity (Wildman–Crippen MR) is 117 cm³/mol. The van der Waals surface area contributed by atoms with Crippen LogP contribution in [-0.2, 0) is 22.4 Å². The lowest BCUT2D eigenvalue weighted by Crippen LogP contribution is -2.26. The summed E-state index contributed by atoms with van der Waals surface area (Å²) in [5, 5.41) is 42.2. The molecule has 0 radical (unpaired) electrons. The summed E-state index contributed by atoms with van der Waals surface area (Å²) >= 11 is 0. The van der Waals surface area contributed by atoms with Gasteiger partial charge in [-0.2, -0.15) is 0 Å². The van der Waals surface area contributed by atoms with E-state index in [1.54, 1.807) is 91.8 Å². The van der Waals surface area contributed by atoms with Crippen LogP contribution >= 0.6 is 0 Å². The number of hydrogen-bond acceptors (Lipinski definition) is 5. The Bertz CT molecular complexity index is 868. The van der Waals surface area contributed by atoms with Crippen LogP contribution in [0.5, 0.6) is 0 Å². The Morgan fingerprint density at radius 1 is 0.567 bits per heavy atom. The van der Waals surface area contributed by atoms with Crippen molar-refractivity contribution in [3.8, 4) is 0 Å². The molecule has 164 valence electrons. The maximum absolute atomic E-state index is 13.6. The molecule has 2 aromatic carbocycles. The molecule has 5 heteroatoms. The van der Waals surface area contributed by atoms with Crippen molar-refractivity contribution in [1.82, 2.24) is 0 Å². The van der Waals surface area contributed by atoms with Crippen LogP contribution in [0.25, 0.3) is 0 Å². The maximum Gasteiger partial charge on any atom is 0.193 e. The fraction of sp³-hybridized carbons (Fsp3) is 0.480. The van der Waals surface area contributed by atoms with Crippen LogP contribution in [0, 0.1) is 0 Å². The van der Waals surface area contributed by atoms with E-state index in [-0.39, 0.29) is 16.9 Å². The molecular weight excluding hydrogens is 380 g/mol. The minimum atomic E-state index is -1.33. The van der Waals surface area contributed by atoms with Crippen LogP contribution in [0.4, 0.5) is 0 Å². The summed E-state index contributed by atoms with van der Waals surface area (Å²) in [6.45, 7) is 12.9. The zero-order valence-corrected chi connectivity index (χ0v) is 19.2. The van der Waals surface area contributed by atoms with Crippen LogP contribution in [0.3, 0.4) is 0 Å². The molecule has 0 spiro atoms. The molecule has 0 amide bonds. The van der Waals surface area contributed by atoms with E-state index in [1.807, 2.05) is 0 Å². The van der Waals surface area contributed by atoms with E-state index in [0.717, 1.165) is 0 Å². The van der Waals surface area contributed by atoms with Gasteiger partial charge in [0.25, 0.3) is 0 Å². The molecular formula is C25H34O5. The highest BCUT2D eigenvalue weighted by Crippen LogP contribution is 2.34. The van der Waals surface area contributed by atoms with Gasteiger partial charge in [-0.15, -0.1) is 0 Å². The summed E-state index contributed by atoms with van der Waals surface area (Å²) in [5.74, 6) is -0.353. The summed E-state index contributed by atoms with van der Waals surface area (Å²) in [5.41, 5.74) is -2.40. The molecule has 0 aliphatic carbocycles. The SMILES string of the molecule is CC(C)(O)c1ccc(C(=O)c2ccc(C(C)(C)O)cc2C(C)(C)O)c(C(C)(C)O)c1. The smallest absolute Gasteiger partial charge is 0.193 e. The van der Waals surface area contributed by atoms with Crippen molar-refractivity contribution < 1.29 is 25.2 Å². The third kappa shape index (κ3) is 5.16. The normalized spacial score (nSPS) is 13.5. The zero-order chi connectivity index (χ0) is 23.3. The van der Waals surface area contributed by atoms with Crippen molar-refractivity contribution >= 4 is 5.78 Å². The Morgan fingerprint density at radius 3 is 1.10 bits per heavy atom. The second kappa shape index (κ2) is 7.57. The summed E-state index contributed by atoms with van der Waals surface area (Å²) in [6.07, 6.45) is 0. The van der Waals surface area contributed by atoms with Crippen molar-refractivity contribution in [3.63, 3.8) is 0 Å². The summed E-state index contributed by atoms with van der Waals surface area (Å²) in [7, 11) is 0. The first-order chi connectivity index (χ1) is 13.3. The average Bonchev–Trinajstić information content (AvgIpc) is 2.57. The Labute approximate surface area is 179 Å². The van der Waals surface area contributed by atoms with Gasteiger partial charge in [0.15, 0.2) is 5.78 Å². The van der Waals surface area contributed by atoms with Crippen molar-refractivity contribution in [2.75, 3.05) is 0 Å². The van der Waals surface area contributed by atoms with Crippen molar-refractivity contribution in [2.45, 2.75) is 77.8 Å². The highest BCUT2D eigenvalue weighted by molar-refractivity contribution is 6.11. The molecule has 0 bridgehead atoms. The van der Waals surface area contributed by atoms with Crippen molar-refractivity contribution in [3.05, 3.63) is 69.8 Å². The third-order valence-corrected chi connectivity index (χ3v) is 5.26. The monoisotopic (exact) mass is 414 g/mol. The molecule has 0 saturated carbocycles. The summed E-state index contributed by atoms with van der Waals surface area (Å²) in [4.78, 5) is 13.6. The molecule has 4 N–H and O–H groups in total. The molecule has 0 aliphatic rings. The van der Waals surface area contributed by atoms with E-state index >= 15 is 0 Å². The number of ketones is 1. The third-order valence-electron chi connectivity index (χ3n) is 5.26. The first-order valence-corrected chi connectivity index (χ1v) is 10.1. The van der Waals surface area contributed by atoms with Crippen LogP contribution in [0.1, 0.15) is 93.6 Å². The van der Waals surface area contributed by atoms with E-state index in [0.29, 0.717) is 22.3 Å². The summed E-state index contributed by atoms with van der Waals surface area (Å²) in [6, 6.07) is 9.81. The Kier molecular flexibility index (Phi) is 6.12. The highest BCUT2D eigenvalue weighted by atomic mass is 16.3. The Hall–Kier alpha value is -2.05. The van der Waals surface area contributed by atoms with E-state index < -0.39 is 22.4 Å². The molecule has 5 nitrogen and oxygen atoms in total. The highest BCUT2D eigenvalue weighted by Gasteiger charge is 2.31. The minimum Gasteiger partial charge on any atom is -0.386 e. The number of aliphatic hydroxyl groups is 4. The fourth-order valence-electron chi connectivity index (χ4n) is 3.40. The maximum atomic E-state index is 13.6. The van der Waals surface area contributed by atoms with E-state index in [9.17, 15) is 25.2 Å².